The van der Waals surface area contributed by atoms with Crippen LogP contribution in [0.5, 0.6) is 11.5 Å². The van der Waals surface area contributed by atoms with Crippen LogP contribution >= 0.6 is 0 Å². The maximum absolute atomic E-state index is 5.69. The molecule has 0 fully saturated rings. The van der Waals surface area contributed by atoms with Crippen LogP contribution < -0.4 is 9.47 Å². The number of hydrogen-bond acceptors (Lipinski definition) is 8. The highest BCUT2D eigenvalue weighted by molar-refractivity contribution is 5.32. The van der Waals surface area contributed by atoms with E-state index >= 15 is 0 Å². The van der Waals surface area contributed by atoms with Crippen molar-refractivity contribution in [3.8, 4) is 35.2 Å². The third-order valence-corrected chi connectivity index (χ3v) is 3.87. The van der Waals surface area contributed by atoms with E-state index in [9.17, 15) is 0 Å². The molecule has 2 bridgehead atoms. The van der Waals surface area contributed by atoms with Gasteiger partial charge in [0, 0.05) is 6.07 Å². The van der Waals surface area contributed by atoms with E-state index in [2.05, 4.69) is 23.7 Å². The summed E-state index contributed by atoms with van der Waals surface area (Å²) in [5.74, 6) is 12.5. The summed E-state index contributed by atoms with van der Waals surface area (Å²) >= 11 is 0. The zero-order valence-corrected chi connectivity index (χ0v) is 18.5. The summed E-state index contributed by atoms with van der Waals surface area (Å²) < 4.78 is 43.9. The van der Waals surface area contributed by atoms with E-state index in [-0.39, 0.29) is 0 Å². The van der Waals surface area contributed by atoms with E-state index in [1.165, 1.54) is 0 Å². The maximum Gasteiger partial charge on any atom is 0.123 e. The fourth-order valence-electron chi connectivity index (χ4n) is 2.38. The van der Waals surface area contributed by atoms with Crippen molar-refractivity contribution in [1.29, 1.82) is 0 Å². The molecule has 0 amide bonds. The van der Waals surface area contributed by atoms with Gasteiger partial charge >= 0.3 is 0 Å². The van der Waals surface area contributed by atoms with Crippen molar-refractivity contribution in [1.82, 2.24) is 0 Å². The van der Waals surface area contributed by atoms with E-state index in [1.807, 2.05) is 24.3 Å². The van der Waals surface area contributed by atoms with Gasteiger partial charge in [0.25, 0.3) is 0 Å². The van der Waals surface area contributed by atoms with Crippen LogP contribution in [0.4, 0.5) is 0 Å². The zero-order chi connectivity index (χ0) is 22.4. The topological polar surface area (TPSA) is 73.8 Å². The lowest BCUT2D eigenvalue weighted by Gasteiger charge is -2.10. The Kier molecular flexibility index (Phi) is 15.7. The highest BCUT2D eigenvalue weighted by Gasteiger charge is 1.99. The van der Waals surface area contributed by atoms with Crippen molar-refractivity contribution in [2.75, 3.05) is 92.5 Å². The molecule has 1 aromatic carbocycles. The molecule has 1 heterocycles. The van der Waals surface area contributed by atoms with Crippen LogP contribution in [0.25, 0.3) is 0 Å². The molecule has 8 heteroatoms. The predicted molar refractivity (Wildman–Crippen MR) is 118 cm³/mol. The highest BCUT2D eigenvalue weighted by atomic mass is 16.6. The standard InChI is InChI=1S/C24H32O8/c1-2-4-9-26-11-13-28-15-17-30-19-21-32-24-7-5-6-23(22-24)31-20-18-29-16-14-27-12-10-25-8-3-1/h5-7,22H,8-21H2. The van der Waals surface area contributed by atoms with E-state index in [4.69, 9.17) is 37.9 Å². The van der Waals surface area contributed by atoms with Crippen molar-refractivity contribution in [3.63, 3.8) is 0 Å². The molecule has 0 aliphatic carbocycles. The second-order valence-electron chi connectivity index (χ2n) is 6.33. The van der Waals surface area contributed by atoms with Gasteiger partial charge in [-0.2, -0.15) is 0 Å². The number of rotatable bonds is 0. The first kappa shape index (κ1) is 26.0. The van der Waals surface area contributed by atoms with Crippen LogP contribution in [0.3, 0.4) is 0 Å². The quantitative estimate of drug-likeness (QED) is 0.554. The average Bonchev–Trinajstić information content (AvgIpc) is 2.81. The Balaban J connectivity index is 1.67. The molecule has 0 saturated heterocycles. The predicted octanol–water partition coefficient (Wildman–Crippen LogP) is 1.56. The SMILES string of the molecule is C1#CCOCCOCCOCCOc2cccc(c2)OCCOCCOCCOCC#C1. The third-order valence-electron chi connectivity index (χ3n) is 3.87. The van der Waals surface area contributed by atoms with Crippen LogP contribution in [0.1, 0.15) is 0 Å². The molecule has 2 rings (SSSR count). The minimum Gasteiger partial charge on any atom is -0.491 e. The highest BCUT2D eigenvalue weighted by Crippen LogP contribution is 2.19. The molecule has 0 saturated carbocycles. The largest absolute Gasteiger partial charge is 0.491 e. The minimum atomic E-state index is 0.314. The molecule has 0 unspecified atom stereocenters. The minimum absolute atomic E-state index is 0.314. The zero-order valence-electron chi connectivity index (χ0n) is 18.5. The molecular weight excluding hydrogens is 416 g/mol. The van der Waals surface area contributed by atoms with Crippen molar-refractivity contribution >= 4 is 0 Å². The molecule has 1 aliphatic rings. The molecule has 1 aliphatic heterocycles. The summed E-state index contributed by atoms with van der Waals surface area (Å²) in [6.45, 7) is 6.37. The van der Waals surface area contributed by atoms with E-state index in [1.54, 1.807) is 0 Å². The van der Waals surface area contributed by atoms with E-state index < -0.39 is 0 Å². The Labute approximate surface area is 190 Å². The van der Waals surface area contributed by atoms with Crippen LogP contribution in [0.15, 0.2) is 24.3 Å². The van der Waals surface area contributed by atoms with Crippen molar-refractivity contribution in [2.45, 2.75) is 0 Å². The van der Waals surface area contributed by atoms with Gasteiger partial charge in [0.1, 0.15) is 37.9 Å². The first-order valence-corrected chi connectivity index (χ1v) is 10.7. The second kappa shape index (κ2) is 19.4. The van der Waals surface area contributed by atoms with Crippen LogP contribution in [-0.4, -0.2) is 92.5 Å². The van der Waals surface area contributed by atoms with Gasteiger partial charge in [-0.15, -0.1) is 0 Å². The molecule has 176 valence electrons. The summed E-state index contributed by atoms with van der Waals surface area (Å²) in [4.78, 5) is 0. The van der Waals surface area contributed by atoms with Gasteiger partial charge in [-0.05, 0) is 24.0 Å². The normalized spacial score (nSPS) is 19.1. The van der Waals surface area contributed by atoms with Crippen molar-refractivity contribution < 1.29 is 37.9 Å². The van der Waals surface area contributed by atoms with Crippen LogP contribution in [0.2, 0.25) is 0 Å². The van der Waals surface area contributed by atoms with Gasteiger partial charge in [-0.3, -0.25) is 0 Å². The first-order valence-electron chi connectivity index (χ1n) is 10.7. The smallest absolute Gasteiger partial charge is 0.123 e. The average molecular weight is 449 g/mol. The monoisotopic (exact) mass is 448 g/mol. The maximum atomic E-state index is 5.69. The summed E-state index contributed by atoms with van der Waals surface area (Å²) in [5, 5.41) is 0. The molecule has 0 atom stereocenters. The van der Waals surface area contributed by atoms with E-state index in [0.29, 0.717) is 92.5 Å². The fraction of sp³-hybridized carbons (Fsp3) is 0.583. The van der Waals surface area contributed by atoms with Crippen LogP contribution in [-0.2, 0) is 28.4 Å². The Hall–Kier alpha value is -2.30. The lowest BCUT2D eigenvalue weighted by molar-refractivity contribution is 0.0137. The van der Waals surface area contributed by atoms with Crippen molar-refractivity contribution in [2.24, 2.45) is 0 Å². The summed E-state index contributed by atoms with van der Waals surface area (Å²) in [5.41, 5.74) is 0. The molecule has 0 N–H and O–H groups in total. The summed E-state index contributed by atoms with van der Waals surface area (Å²) in [7, 11) is 0. The second-order valence-corrected chi connectivity index (χ2v) is 6.33. The molecule has 1 aromatic rings. The van der Waals surface area contributed by atoms with Crippen molar-refractivity contribution in [3.05, 3.63) is 24.3 Å². The summed E-state index contributed by atoms with van der Waals surface area (Å²) in [6.07, 6.45) is 0. The summed E-state index contributed by atoms with van der Waals surface area (Å²) in [6, 6.07) is 7.49. The number of fused-ring (bicyclic) bond motifs is 2. The Bertz CT molecular complexity index is 659. The van der Waals surface area contributed by atoms with Gasteiger partial charge in [0.05, 0.1) is 66.1 Å². The molecule has 0 aromatic heterocycles. The van der Waals surface area contributed by atoms with Gasteiger partial charge < -0.3 is 37.9 Å². The number of ether oxygens (including phenoxy) is 8. The Morgan fingerprint density at radius 2 is 0.844 bits per heavy atom. The fourth-order valence-corrected chi connectivity index (χ4v) is 2.38. The van der Waals surface area contributed by atoms with Gasteiger partial charge in [0.15, 0.2) is 0 Å². The number of benzene rings is 1. The molecule has 0 spiro atoms. The van der Waals surface area contributed by atoms with Gasteiger partial charge in [-0.25, -0.2) is 0 Å². The van der Waals surface area contributed by atoms with Gasteiger partial charge in [-0.1, -0.05) is 17.9 Å². The number of hydrogen-bond donors (Lipinski definition) is 0. The molecule has 8 nitrogen and oxygen atoms in total. The van der Waals surface area contributed by atoms with Crippen LogP contribution in [0, 0.1) is 23.7 Å². The first-order chi connectivity index (χ1) is 15.9. The molecule has 32 heavy (non-hydrogen) atoms. The van der Waals surface area contributed by atoms with Gasteiger partial charge in [0.2, 0.25) is 0 Å². The third kappa shape index (κ3) is 14.7. The lowest BCUT2D eigenvalue weighted by Crippen LogP contribution is -2.13. The van der Waals surface area contributed by atoms with E-state index in [0.717, 1.165) is 11.5 Å². The molecule has 0 radical (unpaired) electrons. The Morgan fingerprint density at radius 1 is 0.469 bits per heavy atom. The molecular formula is C24H32O8. The lowest BCUT2D eigenvalue weighted by atomic mass is 10.3. The Morgan fingerprint density at radius 3 is 1.28 bits per heavy atom.